The van der Waals surface area contributed by atoms with Crippen LogP contribution in [0.3, 0.4) is 0 Å². The second kappa shape index (κ2) is 6.58. The molecule has 2 aromatic rings. The van der Waals surface area contributed by atoms with Crippen molar-refractivity contribution in [3.63, 3.8) is 0 Å². The Bertz CT molecular complexity index is 881. The molecule has 0 unspecified atom stereocenters. The number of H-pyrrole nitrogens is 1. The number of aromatic amines is 1. The molecule has 0 saturated carbocycles. The van der Waals surface area contributed by atoms with Gasteiger partial charge in [-0.25, -0.2) is 8.42 Å². The third-order valence-electron chi connectivity index (χ3n) is 4.44. The Balaban J connectivity index is 1.79. The second-order valence-electron chi connectivity index (χ2n) is 6.20. The SMILES string of the molecule is Cc1n[nH]c(C)c1N1CCN(S(=O)(=O)c2cccc(C(F)(F)F)c2)CC1. The van der Waals surface area contributed by atoms with Gasteiger partial charge < -0.3 is 4.90 Å². The van der Waals surface area contributed by atoms with Crippen molar-refractivity contribution in [2.45, 2.75) is 24.9 Å². The number of nitrogens with one attached hydrogen (secondary N) is 1. The Labute approximate surface area is 149 Å². The first-order valence-corrected chi connectivity index (χ1v) is 9.48. The van der Waals surface area contributed by atoms with Gasteiger partial charge in [0.1, 0.15) is 0 Å². The molecular formula is C16H19F3N4O2S. The van der Waals surface area contributed by atoms with Gasteiger partial charge in [-0.15, -0.1) is 0 Å². The summed E-state index contributed by atoms with van der Waals surface area (Å²) in [6.45, 7) is 5.04. The molecule has 6 nitrogen and oxygen atoms in total. The first-order chi connectivity index (χ1) is 12.1. The number of nitrogens with zero attached hydrogens (tertiary/aromatic N) is 3. The van der Waals surface area contributed by atoms with Crippen LogP contribution in [-0.2, 0) is 16.2 Å². The van der Waals surface area contributed by atoms with Crippen molar-refractivity contribution in [2.24, 2.45) is 0 Å². The number of hydrogen-bond acceptors (Lipinski definition) is 4. The zero-order valence-electron chi connectivity index (χ0n) is 14.3. The molecular weight excluding hydrogens is 369 g/mol. The molecule has 1 fully saturated rings. The molecule has 0 aliphatic carbocycles. The van der Waals surface area contributed by atoms with Crippen LogP contribution in [0.25, 0.3) is 0 Å². The summed E-state index contributed by atoms with van der Waals surface area (Å²) in [5.41, 5.74) is 1.70. The molecule has 1 aromatic carbocycles. The molecule has 1 aromatic heterocycles. The maximum Gasteiger partial charge on any atom is 0.416 e. The van der Waals surface area contributed by atoms with Gasteiger partial charge in [-0.1, -0.05) is 6.07 Å². The molecule has 1 aliphatic rings. The van der Waals surface area contributed by atoms with E-state index in [0.717, 1.165) is 29.2 Å². The van der Waals surface area contributed by atoms with Gasteiger partial charge in [0.15, 0.2) is 0 Å². The van der Waals surface area contributed by atoms with Crippen molar-refractivity contribution in [1.82, 2.24) is 14.5 Å². The number of benzene rings is 1. The van der Waals surface area contributed by atoms with E-state index in [0.29, 0.717) is 19.2 Å². The van der Waals surface area contributed by atoms with Gasteiger partial charge in [-0.3, -0.25) is 5.10 Å². The lowest BCUT2D eigenvalue weighted by Gasteiger charge is -2.35. The van der Waals surface area contributed by atoms with Crippen LogP contribution in [0.15, 0.2) is 29.2 Å². The second-order valence-corrected chi connectivity index (χ2v) is 8.14. The lowest BCUT2D eigenvalue weighted by molar-refractivity contribution is -0.137. The van der Waals surface area contributed by atoms with Crippen LogP contribution < -0.4 is 4.90 Å². The van der Waals surface area contributed by atoms with Crippen LogP contribution in [0.1, 0.15) is 17.0 Å². The van der Waals surface area contributed by atoms with Crippen LogP contribution in [0.5, 0.6) is 0 Å². The Kier molecular flexibility index (Phi) is 4.74. The van der Waals surface area contributed by atoms with E-state index in [1.165, 1.54) is 10.4 Å². The topological polar surface area (TPSA) is 69.3 Å². The molecule has 26 heavy (non-hydrogen) atoms. The highest BCUT2D eigenvalue weighted by atomic mass is 32.2. The molecule has 10 heteroatoms. The summed E-state index contributed by atoms with van der Waals surface area (Å²) >= 11 is 0. The summed E-state index contributed by atoms with van der Waals surface area (Å²) in [7, 11) is -3.97. The monoisotopic (exact) mass is 388 g/mol. The van der Waals surface area contributed by atoms with Crippen molar-refractivity contribution >= 4 is 15.7 Å². The fourth-order valence-corrected chi connectivity index (χ4v) is 4.61. The van der Waals surface area contributed by atoms with Gasteiger partial charge in [0.05, 0.1) is 27.5 Å². The third-order valence-corrected chi connectivity index (χ3v) is 6.34. The fraction of sp³-hybridized carbons (Fsp3) is 0.438. The van der Waals surface area contributed by atoms with Gasteiger partial charge in [-0.2, -0.15) is 22.6 Å². The maximum absolute atomic E-state index is 12.9. The number of alkyl halides is 3. The van der Waals surface area contributed by atoms with Crippen LogP contribution in [0.2, 0.25) is 0 Å². The minimum Gasteiger partial charge on any atom is -0.366 e. The fourth-order valence-electron chi connectivity index (χ4n) is 3.14. The first-order valence-electron chi connectivity index (χ1n) is 8.04. The number of piperazine rings is 1. The summed E-state index contributed by atoms with van der Waals surface area (Å²) in [6.07, 6.45) is -4.58. The minimum absolute atomic E-state index is 0.197. The Morgan fingerprint density at radius 3 is 2.31 bits per heavy atom. The predicted octanol–water partition coefficient (Wildman–Crippen LogP) is 2.56. The van der Waals surface area contributed by atoms with E-state index < -0.39 is 21.8 Å². The third kappa shape index (κ3) is 3.43. The highest BCUT2D eigenvalue weighted by molar-refractivity contribution is 7.89. The van der Waals surface area contributed by atoms with Crippen LogP contribution in [0.4, 0.5) is 18.9 Å². The summed E-state index contributed by atoms with van der Waals surface area (Å²) < 4.78 is 65.2. The van der Waals surface area contributed by atoms with E-state index in [1.807, 2.05) is 18.7 Å². The van der Waals surface area contributed by atoms with Crippen molar-refractivity contribution in [3.05, 3.63) is 41.2 Å². The molecule has 142 valence electrons. The number of hydrogen-bond donors (Lipinski definition) is 1. The van der Waals surface area contributed by atoms with Crippen molar-refractivity contribution in [2.75, 3.05) is 31.1 Å². The van der Waals surface area contributed by atoms with Crippen molar-refractivity contribution < 1.29 is 21.6 Å². The van der Waals surface area contributed by atoms with E-state index in [2.05, 4.69) is 10.2 Å². The quantitative estimate of drug-likeness (QED) is 0.878. The largest absolute Gasteiger partial charge is 0.416 e. The first kappa shape index (κ1) is 18.7. The molecule has 1 aliphatic heterocycles. The molecule has 0 bridgehead atoms. The lowest BCUT2D eigenvalue weighted by atomic mass is 10.2. The number of anilines is 1. The molecule has 3 rings (SSSR count). The van der Waals surface area contributed by atoms with Crippen molar-refractivity contribution in [3.8, 4) is 0 Å². The lowest BCUT2D eigenvalue weighted by Crippen LogP contribution is -2.49. The Morgan fingerprint density at radius 1 is 1.12 bits per heavy atom. The highest BCUT2D eigenvalue weighted by Crippen LogP contribution is 2.31. The van der Waals surface area contributed by atoms with Crippen LogP contribution in [0, 0.1) is 13.8 Å². The van der Waals surface area contributed by atoms with Crippen molar-refractivity contribution in [1.29, 1.82) is 0 Å². The molecule has 0 atom stereocenters. The molecule has 2 heterocycles. The number of rotatable bonds is 3. The smallest absolute Gasteiger partial charge is 0.366 e. The molecule has 0 spiro atoms. The number of halogens is 3. The number of aromatic nitrogens is 2. The normalized spacial score (nSPS) is 16.9. The average Bonchev–Trinajstić information content (AvgIpc) is 2.93. The standard InChI is InChI=1S/C16H19F3N4O2S/c1-11-15(12(2)21-20-11)22-6-8-23(9-7-22)26(24,25)14-5-3-4-13(10-14)16(17,18)19/h3-5,10H,6-9H2,1-2H3,(H,20,21). The summed E-state index contributed by atoms with van der Waals surface area (Å²) in [6, 6.07) is 3.86. The zero-order valence-corrected chi connectivity index (χ0v) is 15.2. The van der Waals surface area contributed by atoms with E-state index >= 15 is 0 Å². The summed E-state index contributed by atoms with van der Waals surface area (Å²) in [5.74, 6) is 0. The van der Waals surface area contributed by atoms with Gasteiger partial charge in [0.25, 0.3) is 0 Å². The van der Waals surface area contributed by atoms with Crippen LogP contribution in [-0.4, -0.2) is 49.1 Å². The number of sulfonamides is 1. The van der Waals surface area contributed by atoms with E-state index in [-0.39, 0.29) is 18.0 Å². The maximum atomic E-state index is 12.9. The Hall–Kier alpha value is -2.07. The van der Waals surface area contributed by atoms with Gasteiger partial charge >= 0.3 is 6.18 Å². The van der Waals surface area contributed by atoms with E-state index in [4.69, 9.17) is 0 Å². The van der Waals surface area contributed by atoms with E-state index in [1.54, 1.807) is 0 Å². The van der Waals surface area contributed by atoms with Gasteiger partial charge in [-0.05, 0) is 32.0 Å². The van der Waals surface area contributed by atoms with E-state index in [9.17, 15) is 21.6 Å². The molecule has 0 amide bonds. The highest BCUT2D eigenvalue weighted by Gasteiger charge is 2.34. The summed E-state index contributed by atoms with van der Waals surface area (Å²) in [4.78, 5) is 1.70. The van der Waals surface area contributed by atoms with Crippen LogP contribution >= 0.6 is 0 Å². The Morgan fingerprint density at radius 2 is 1.77 bits per heavy atom. The average molecular weight is 388 g/mol. The van der Waals surface area contributed by atoms with Gasteiger partial charge in [0, 0.05) is 26.2 Å². The predicted molar refractivity (Wildman–Crippen MR) is 90.5 cm³/mol. The zero-order chi connectivity index (χ0) is 19.1. The summed E-state index contributed by atoms with van der Waals surface area (Å²) in [5, 5.41) is 7.03. The molecule has 1 N–H and O–H groups in total. The van der Waals surface area contributed by atoms with Gasteiger partial charge in [0.2, 0.25) is 10.0 Å². The minimum atomic E-state index is -4.58. The molecule has 0 radical (unpaired) electrons. The number of aryl methyl sites for hydroxylation is 2. The molecule has 1 saturated heterocycles.